The lowest BCUT2D eigenvalue weighted by Gasteiger charge is -2.21. The number of likely N-dealkylation sites (tertiary alicyclic amines) is 1. The smallest absolute Gasteiger partial charge is 0.326 e. The Kier molecular flexibility index (Phi) is 5.17. The molecule has 1 aliphatic rings. The Morgan fingerprint density at radius 3 is 2.74 bits per heavy atom. The number of carbonyl (C=O) groups is 2. The van der Waals surface area contributed by atoms with E-state index in [1.165, 1.54) is 30.2 Å². The summed E-state index contributed by atoms with van der Waals surface area (Å²) in [4.78, 5) is 35.0. The number of hydrogen-bond donors (Lipinski definition) is 1. The number of non-ortho nitro benzene ring substituents is 1. The second-order valence-corrected chi connectivity index (χ2v) is 5.61. The highest BCUT2D eigenvalue weighted by molar-refractivity contribution is 6.31. The number of nitrogens with zero attached hydrogens (tertiary/aromatic N) is 2. The molecule has 9 heteroatoms. The van der Waals surface area contributed by atoms with Gasteiger partial charge in [-0.3, -0.25) is 14.9 Å². The van der Waals surface area contributed by atoms with Crippen LogP contribution in [-0.4, -0.2) is 52.6 Å². The van der Waals surface area contributed by atoms with Crippen LogP contribution < -0.4 is 0 Å². The maximum atomic E-state index is 12.4. The maximum absolute atomic E-state index is 12.4. The molecule has 23 heavy (non-hydrogen) atoms. The minimum absolute atomic E-state index is 0.0990. The van der Waals surface area contributed by atoms with Gasteiger partial charge in [0.1, 0.15) is 6.04 Å². The number of ether oxygens (including phenoxy) is 1. The van der Waals surface area contributed by atoms with Crippen molar-refractivity contribution in [1.82, 2.24) is 4.90 Å². The van der Waals surface area contributed by atoms with E-state index in [9.17, 15) is 24.8 Å². The zero-order chi connectivity index (χ0) is 17.1. The van der Waals surface area contributed by atoms with Gasteiger partial charge >= 0.3 is 5.97 Å². The number of amides is 1. The van der Waals surface area contributed by atoms with Crippen LogP contribution in [0.2, 0.25) is 5.02 Å². The van der Waals surface area contributed by atoms with Crippen molar-refractivity contribution in [3.8, 4) is 0 Å². The van der Waals surface area contributed by atoms with Gasteiger partial charge in [0.05, 0.1) is 22.5 Å². The first kappa shape index (κ1) is 17.2. The Balaban J connectivity index is 2.15. The Morgan fingerprint density at radius 2 is 2.22 bits per heavy atom. The molecule has 1 heterocycles. The predicted octanol–water partition coefficient (Wildman–Crippen LogP) is 1.49. The van der Waals surface area contributed by atoms with Gasteiger partial charge in [0, 0.05) is 32.2 Å². The Bertz CT molecular complexity index is 650. The molecule has 1 fully saturated rings. The number of carboxylic acids is 1. The highest BCUT2D eigenvalue weighted by Crippen LogP contribution is 2.25. The molecule has 2 rings (SSSR count). The molecule has 0 spiro atoms. The predicted molar refractivity (Wildman–Crippen MR) is 80.4 cm³/mol. The van der Waals surface area contributed by atoms with Crippen molar-refractivity contribution in [2.45, 2.75) is 25.0 Å². The van der Waals surface area contributed by atoms with Gasteiger partial charge in [0.2, 0.25) is 5.91 Å². The largest absolute Gasteiger partial charge is 0.480 e. The van der Waals surface area contributed by atoms with Crippen molar-refractivity contribution in [2.24, 2.45) is 0 Å². The van der Waals surface area contributed by atoms with Crippen molar-refractivity contribution in [1.29, 1.82) is 0 Å². The number of carbonyl (C=O) groups excluding carboxylic acids is 1. The van der Waals surface area contributed by atoms with E-state index >= 15 is 0 Å². The summed E-state index contributed by atoms with van der Waals surface area (Å²) in [5, 5.41) is 20.0. The summed E-state index contributed by atoms with van der Waals surface area (Å²) in [5.74, 6) is -1.50. The molecule has 124 valence electrons. The van der Waals surface area contributed by atoms with Gasteiger partial charge in [0.25, 0.3) is 5.69 Å². The third kappa shape index (κ3) is 3.77. The first-order chi connectivity index (χ1) is 10.8. The molecule has 0 radical (unpaired) electrons. The molecule has 1 aromatic carbocycles. The zero-order valence-electron chi connectivity index (χ0n) is 12.3. The fourth-order valence-corrected chi connectivity index (χ4v) is 2.78. The Morgan fingerprint density at radius 1 is 1.52 bits per heavy atom. The lowest BCUT2D eigenvalue weighted by molar-refractivity contribution is -0.384. The zero-order valence-corrected chi connectivity index (χ0v) is 13.0. The second-order valence-electron chi connectivity index (χ2n) is 5.20. The van der Waals surface area contributed by atoms with Crippen LogP contribution in [0.1, 0.15) is 12.0 Å². The lowest BCUT2D eigenvalue weighted by Crippen LogP contribution is -2.41. The summed E-state index contributed by atoms with van der Waals surface area (Å²) in [6.45, 7) is 0.191. The monoisotopic (exact) mass is 342 g/mol. The SMILES string of the molecule is COC1CC(C(=O)O)N(C(=O)Cc2ccc([N+](=O)[O-])cc2Cl)C1. The van der Waals surface area contributed by atoms with Gasteiger partial charge in [-0.1, -0.05) is 17.7 Å². The molecule has 1 N–H and O–H groups in total. The summed E-state index contributed by atoms with van der Waals surface area (Å²) in [6, 6.07) is 2.88. The molecule has 0 saturated carbocycles. The van der Waals surface area contributed by atoms with E-state index in [4.69, 9.17) is 16.3 Å². The van der Waals surface area contributed by atoms with E-state index in [1.54, 1.807) is 0 Å². The summed E-state index contributed by atoms with van der Waals surface area (Å²) in [6.07, 6.45) is -0.227. The Hall–Kier alpha value is -2.19. The normalized spacial score (nSPS) is 20.5. The molecule has 1 aliphatic heterocycles. The first-order valence-electron chi connectivity index (χ1n) is 6.81. The van der Waals surface area contributed by atoms with Gasteiger partial charge in [0.15, 0.2) is 0 Å². The van der Waals surface area contributed by atoms with Gasteiger partial charge in [-0.05, 0) is 5.56 Å². The number of benzene rings is 1. The summed E-state index contributed by atoms with van der Waals surface area (Å²) < 4.78 is 5.13. The van der Waals surface area contributed by atoms with E-state index < -0.39 is 22.8 Å². The average Bonchev–Trinajstić information content (AvgIpc) is 2.93. The molecule has 1 amide bonds. The van der Waals surface area contributed by atoms with Crippen LogP contribution in [0.15, 0.2) is 18.2 Å². The van der Waals surface area contributed by atoms with Crippen LogP contribution in [0.25, 0.3) is 0 Å². The fourth-order valence-electron chi connectivity index (χ4n) is 2.54. The van der Waals surface area contributed by atoms with Crippen LogP contribution in [-0.2, 0) is 20.7 Å². The molecule has 0 aromatic heterocycles. The number of aliphatic carboxylic acids is 1. The quantitative estimate of drug-likeness (QED) is 0.641. The molecular weight excluding hydrogens is 328 g/mol. The fraction of sp³-hybridized carbons (Fsp3) is 0.429. The molecule has 1 saturated heterocycles. The standard InChI is InChI=1S/C14H15ClN2O6/c1-23-10-6-12(14(19)20)16(7-10)13(18)4-8-2-3-9(17(21)22)5-11(8)15/h2-3,5,10,12H,4,6-7H2,1H3,(H,19,20). The van der Waals surface area contributed by atoms with Crippen molar-refractivity contribution in [3.05, 3.63) is 38.9 Å². The van der Waals surface area contributed by atoms with E-state index in [0.717, 1.165) is 0 Å². The van der Waals surface area contributed by atoms with Crippen molar-refractivity contribution in [2.75, 3.05) is 13.7 Å². The van der Waals surface area contributed by atoms with Crippen molar-refractivity contribution >= 4 is 29.2 Å². The van der Waals surface area contributed by atoms with Gasteiger partial charge in [-0.25, -0.2) is 4.79 Å². The number of rotatable bonds is 5. The van der Waals surface area contributed by atoms with Gasteiger partial charge in [-0.2, -0.15) is 0 Å². The molecule has 2 unspecified atom stereocenters. The number of hydrogen-bond acceptors (Lipinski definition) is 5. The topological polar surface area (TPSA) is 110 Å². The maximum Gasteiger partial charge on any atom is 0.326 e. The minimum atomic E-state index is -1.09. The van der Waals surface area contributed by atoms with E-state index in [2.05, 4.69) is 0 Å². The lowest BCUT2D eigenvalue weighted by atomic mass is 10.1. The van der Waals surface area contributed by atoms with Crippen LogP contribution in [0.3, 0.4) is 0 Å². The van der Waals surface area contributed by atoms with Crippen LogP contribution >= 0.6 is 11.6 Å². The molecule has 2 atom stereocenters. The molecule has 8 nitrogen and oxygen atoms in total. The number of carboxylic acid groups (broad SMARTS) is 1. The van der Waals surface area contributed by atoms with Crippen LogP contribution in [0.5, 0.6) is 0 Å². The van der Waals surface area contributed by atoms with Gasteiger partial charge in [-0.15, -0.1) is 0 Å². The van der Waals surface area contributed by atoms with Crippen LogP contribution in [0.4, 0.5) is 5.69 Å². The average molecular weight is 343 g/mol. The molecule has 0 aliphatic carbocycles. The summed E-state index contributed by atoms with van der Waals surface area (Å²) in [7, 11) is 1.46. The van der Waals surface area contributed by atoms with E-state index in [1.807, 2.05) is 0 Å². The minimum Gasteiger partial charge on any atom is -0.480 e. The number of nitro groups is 1. The van der Waals surface area contributed by atoms with Crippen molar-refractivity contribution in [3.63, 3.8) is 0 Å². The second kappa shape index (κ2) is 6.93. The summed E-state index contributed by atoms with van der Waals surface area (Å²) in [5.41, 5.74) is 0.238. The third-order valence-electron chi connectivity index (χ3n) is 3.79. The molecular formula is C14H15ClN2O6. The first-order valence-corrected chi connectivity index (χ1v) is 7.19. The van der Waals surface area contributed by atoms with E-state index in [-0.39, 0.29) is 36.2 Å². The van der Waals surface area contributed by atoms with Gasteiger partial charge < -0.3 is 14.7 Å². The number of methoxy groups -OCH3 is 1. The van der Waals surface area contributed by atoms with Crippen molar-refractivity contribution < 1.29 is 24.4 Å². The number of halogens is 1. The third-order valence-corrected chi connectivity index (χ3v) is 4.14. The number of nitro benzene ring substituents is 1. The Labute approximate surface area is 136 Å². The highest BCUT2D eigenvalue weighted by atomic mass is 35.5. The van der Waals surface area contributed by atoms with Crippen LogP contribution in [0, 0.1) is 10.1 Å². The van der Waals surface area contributed by atoms with E-state index in [0.29, 0.717) is 5.56 Å². The molecule has 1 aromatic rings. The highest BCUT2D eigenvalue weighted by Gasteiger charge is 2.39. The molecule has 0 bridgehead atoms. The summed E-state index contributed by atoms with van der Waals surface area (Å²) >= 11 is 5.96.